The second-order valence-corrected chi connectivity index (χ2v) is 6.11. The summed E-state index contributed by atoms with van der Waals surface area (Å²) in [6.45, 7) is 1.80. The molecule has 0 atom stereocenters. The van der Waals surface area contributed by atoms with Crippen LogP contribution in [-0.2, 0) is 6.18 Å². The summed E-state index contributed by atoms with van der Waals surface area (Å²) in [5.41, 5.74) is 1.41. The van der Waals surface area contributed by atoms with Crippen molar-refractivity contribution in [3.05, 3.63) is 65.4 Å². The Bertz CT molecular complexity index is 885. The van der Waals surface area contributed by atoms with Crippen LogP contribution in [0.5, 0.6) is 0 Å². The van der Waals surface area contributed by atoms with Gasteiger partial charge in [-0.25, -0.2) is 0 Å². The van der Waals surface area contributed by atoms with E-state index in [1.165, 1.54) is 12.1 Å². The topological polar surface area (TPSA) is 44.9 Å². The first-order chi connectivity index (χ1) is 11.4. The van der Waals surface area contributed by atoms with Gasteiger partial charge in [-0.3, -0.25) is 9.52 Å². The van der Waals surface area contributed by atoms with E-state index < -0.39 is 11.7 Å². The first-order valence-electron chi connectivity index (χ1n) is 7.08. The molecule has 0 radical (unpaired) electrons. The van der Waals surface area contributed by atoms with E-state index >= 15 is 0 Å². The number of carbonyl (C=O) groups is 1. The quantitative estimate of drug-likeness (QED) is 0.658. The number of aromatic nitrogens is 1. The predicted molar refractivity (Wildman–Crippen MR) is 87.8 cm³/mol. The second kappa shape index (κ2) is 6.24. The Kier molecular flexibility index (Phi) is 4.28. The van der Waals surface area contributed by atoms with Crippen LogP contribution in [0.25, 0.3) is 10.9 Å². The third-order valence-electron chi connectivity index (χ3n) is 3.56. The summed E-state index contributed by atoms with van der Waals surface area (Å²) in [5, 5.41) is 0.806. The van der Waals surface area contributed by atoms with Gasteiger partial charge in [0.1, 0.15) is 0 Å². The van der Waals surface area contributed by atoms with E-state index in [0.717, 1.165) is 40.7 Å². The SMILES string of the molecule is Cc1[nH]c2ccccc2c1C(=O)NSc1ccc(C(F)(F)F)cc1. The van der Waals surface area contributed by atoms with Gasteiger partial charge in [0.05, 0.1) is 11.1 Å². The van der Waals surface area contributed by atoms with Gasteiger partial charge in [-0.2, -0.15) is 13.2 Å². The maximum Gasteiger partial charge on any atom is 0.416 e. The molecule has 0 aliphatic rings. The normalized spacial score (nSPS) is 11.7. The lowest BCUT2D eigenvalue weighted by atomic mass is 10.1. The molecule has 0 aliphatic heterocycles. The number of aryl methyl sites for hydroxylation is 1. The van der Waals surface area contributed by atoms with Gasteiger partial charge in [-0.1, -0.05) is 18.2 Å². The van der Waals surface area contributed by atoms with Crippen LogP contribution in [0.4, 0.5) is 13.2 Å². The summed E-state index contributed by atoms with van der Waals surface area (Å²) in [7, 11) is 0. The first-order valence-corrected chi connectivity index (χ1v) is 7.89. The van der Waals surface area contributed by atoms with Crippen molar-refractivity contribution in [3.63, 3.8) is 0 Å². The number of halogens is 3. The predicted octanol–water partition coefficient (Wildman–Crippen LogP) is 4.93. The molecule has 2 N–H and O–H groups in total. The number of hydrogen-bond donors (Lipinski definition) is 2. The lowest BCUT2D eigenvalue weighted by molar-refractivity contribution is -0.137. The van der Waals surface area contributed by atoms with Gasteiger partial charge in [0, 0.05) is 21.5 Å². The summed E-state index contributed by atoms with van der Waals surface area (Å²) in [6, 6.07) is 12.1. The highest BCUT2D eigenvalue weighted by Crippen LogP contribution is 2.30. The fraction of sp³-hybridized carbons (Fsp3) is 0.118. The summed E-state index contributed by atoms with van der Waals surface area (Å²) >= 11 is 0.983. The zero-order chi connectivity index (χ0) is 17.3. The van der Waals surface area contributed by atoms with Crippen molar-refractivity contribution in [2.24, 2.45) is 0 Å². The maximum absolute atomic E-state index is 12.5. The Balaban J connectivity index is 1.74. The number of benzene rings is 2. The molecular formula is C17H13F3N2OS. The van der Waals surface area contributed by atoms with Crippen molar-refractivity contribution in [1.29, 1.82) is 0 Å². The van der Waals surface area contributed by atoms with E-state index in [1.54, 1.807) is 6.92 Å². The molecule has 7 heteroatoms. The Hall–Kier alpha value is -2.41. The number of fused-ring (bicyclic) bond motifs is 1. The van der Waals surface area contributed by atoms with Gasteiger partial charge in [-0.15, -0.1) is 0 Å². The smallest absolute Gasteiger partial charge is 0.358 e. The Labute approximate surface area is 140 Å². The second-order valence-electron chi connectivity index (χ2n) is 5.23. The zero-order valence-electron chi connectivity index (χ0n) is 12.6. The van der Waals surface area contributed by atoms with Crippen LogP contribution in [0.1, 0.15) is 21.6 Å². The molecule has 2 aromatic carbocycles. The van der Waals surface area contributed by atoms with Crippen LogP contribution in [-0.4, -0.2) is 10.9 Å². The molecule has 24 heavy (non-hydrogen) atoms. The Morgan fingerprint density at radius 2 is 1.75 bits per heavy atom. The molecule has 0 fully saturated rings. The fourth-order valence-corrected chi connectivity index (χ4v) is 3.02. The molecule has 0 saturated heterocycles. The van der Waals surface area contributed by atoms with Crippen molar-refractivity contribution in [2.75, 3.05) is 0 Å². The zero-order valence-corrected chi connectivity index (χ0v) is 13.4. The van der Waals surface area contributed by atoms with Gasteiger partial charge in [-0.05, 0) is 49.2 Å². The van der Waals surface area contributed by atoms with E-state index in [9.17, 15) is 18.0 Å². The molecule has 0 saturated carbocycles. The molecule has 0 aliphatic carbocycles. The molecule has 3 nitrogen and oxygen atoms in total. The van der Waals surface area contributed by atoms with Crippen molar-refractivity contribution >= 4 is 28.8 Å². The maximum atomic E-state index is 12.5. The third-order valence-corrected chi connectivity index (χ3v) is 4.36. The average Bonchev–Trinajstić information content (AvgIpc) is 2.88. The van der Waals surface area contributed by atoms with E-state index in [4.69, 9.17) is 0 Å². The summed E-state index contributed by atoms with van der Waals surface area (Å²) in [6.07, 6.45) is -4.37. The molecule has 1 aromatic heterocycles. The van der Waals surface area contributed by atoms with E-state index in [0.29, 0.717) is 10.5 Å². The van der Waals surface area contributed by atoms with Gasteiger partial charge in [0.2, 0.25) is 0 Å². The third kappa shape index (κ3) is 3.26. The molecule has 0 spiro atoms. The van der Waals surface area contributed by atoms with Crippen LogP contribution in [0.15, 0.2) is 53.4 Å². The van der Waals surface area contributed by atoms with Crippen LogP contribution in [0, 0.1) is 6.92 Å². The summed E-state index contributed by atoms with van der Waals surface area (Å²) in [5.74, 6) is -0.296. The van der Waals surface area contributed by atoms with E-state index in [1.807, 2.05) is 24.3 Å². The molecule has 0 unspecified atom stereocenters. The molecule has 3 aromatic rings. The standard InChI is InChI=1S/C17H13F3N2OS/c1-10-15(13-4-2-3-5-14(13)21-10)16(23)22-24-12-8-6-11(7-9-12)17(18,19)20/h2-9,21H,1H3,(H,22,23). The molecule has 1 heterocycles. The highest BCUT2D eigenvalue weighted by molar-refractivity contribution is 7.98. The number of alkyl halides is 3. The molecule has 3 rings (SSSR count). The van der Waals surface area contributed by atoms with Gasteiger partial charge >= 0.3 is 6.18 Å². The van der Waals surface area contributed by atoms with Crippen LogP contribution >= 0.6 is 11.9 Å². The number of carbonyl (C=O) groups excluding carboxylic acids is 1. The van der Waals surface area contributed by atoms with E-state index in [2.05, 4.69) is 9.71 Å². The minimum Gasteiger partial charge on any atom is -0.358 e. The minimum absolute atomic E-state index is 0.296. The van der Waals surface area contributed by atoms with Gasteiger partial charge in [0.15, 0.2) is 0 Å². The monoisotopic (exact) mass is 350 g/mol. The highest BCUT2D eigenvalue weighted by atomic mass is 32.2. The Morgan fingerprint density at radius 3 is 2.42 bits per heavy atom. The summed E-state index contributed by atoms with van der Waals surface area (Å²) < 4.78 is 40.3. The molecule has 124 valence electrons. The highest BCUT2D eigenvalue weighted by Gasteiger charge is 2.30. The number of hydrogen-bond acceptors (Lipinski definition) is 2. The largest absolute Gasteiger partial charge is 0.416 e. The van der Waals surface area contributed by atoms with Crippen LogP contribution in [0.2, 0.25) is 0 Å². The number of aromatic amines is 1. The van der Waals surface area contributed by atoms with Gasteiger partial charge < -0.3 is 4.98 Å². The lowest BCUT2D eigenvalue weighted by Gasteiger charge is -2.08. The van der Waals surface area contributed by atoms with Crippen LogP contribution in [0.3, 0.4) is 0 Å². The van der Waals surface area contributed by atoms with Crippen molar-refractivity contribution in [1.82, 2.24) is 9.71 Å². The fourth-order valence-electron chi connectivity index (χ4n) is 2.44. The molecular weight excluding hydrogens is 337 g/mol. The number of para-hydroxylation sites is 1. The minimum atomic E-state index is -4.37. The van der Waals surface area contributed by atoms with Crippen LogP contribution < -0.4 is 4.72 Å². The average molecular weight is 350 g/mol. The van der Waals surface area contributed by atoms with E-state index in [-0.39, 0.29) is 5.91 Å². The number of nitrogens with one attached hydrogen (secondary N) is 2. The Morgan fingerprint density at radius 1 is 1.08 bits per heavy atom. The van der Waals surface area contributed by atoms with Crippen molar-refractivity contribution in [2.45, 2.75) is 18.0 Å². The molecule has 1 amide bonds. The molecule has 0 bridgehead atoms. The lowest BCUT2D eigenvalue weighted by Crippen LogP contribution is -2.16. The first kappa shape index (κ1) is 16.4. The van der Waals surface area contributed by atoms with Crippen molar-refractivity contribution in [3.8, 4) is 0 Å². The van der Waals surface area contributed by atoms with Crippen molar-refractivity contribution < 1.29 is 18.0 Å². The number of H-pyrrole nitrogens is 1. The number of amides is 1. The van der Waals surface area contributed by atoms with Gasteiger partial charge in [0.25, 0.3) is 5.91 Å². The summed E-state index contributed by atoms with van der Waals surface area (Å²) in [4.78, 5) is 16.1. The number of rotatable bonds is 3.